The van der Waals surface area contributed by atoms with Gasteiger partial charge in [0.2, 0.25) is 0 Å². The Morgan fingerprint density at radius 1 is 1.17 bits per heavy atom. The van der Waals surface area contributed by atoms with Crippen LogP contribution in [0.15, 0.2) is 60.0 Å². The van der Waals surface area contributed by atoms with E-state index in [0.29, 0.717) is 11.7 Å². The van der Waals surface area contributed by atoms with E-state index in [0.717, 1.165) is 22.6 Å². The summed E-state index contributed by atoms with van der Waals surface area (Å²) in [7, 11) is 1.63. The van der Waals surface area contributed by atoms with Crippen molar-refractivity contribution in [2.24, 2.45) is 0 Å². The molecule has 24 heavy (non-hydrogen) atoms. The van der Waals surface area contributed by atoms with E-state index >= 15 is 0 Å². The van der Waals surface area contributed by atoms with Gasteiger partial charge in [0.05, 0.1) is 12.8 Å². The summed E-state index contributed by atoms with van der Waals surface area (Å²) in [5.74, 6) is 0.774. The maximum Gasteiger partial charge on any atom is 0.321 e. The summed E-state index contributed by atoms with van der Waals surface area (Å²) >= 11 is 1.38. The third-order valence-electron chi connectivity index (χ3n) is 3.39. The lowest BCUT2D eigenvalue weighted by Gasteiger charge is -2.05. The van der Waals surface area contributed by atoms with Gasteiger partial charge in [-0.25, -0.2) is 9.78 Å². The zero-order valence-corrected chi connectivity index (χ0v) is 14.0. The van der Waals surface area contributed by atoms with Crippen molar-refractivity contribution < 1.29 is 9.53 Å². The summed E-state index contributed by atoms with van der Waals surface area (Å²) in [6.45, 7) is 0.473. The van der Waals surface area contributed by atoms with Crippen LogP contribution in [0.25, 0.3) is 11.3 Å². The Balaban J connectivity index is 1.60. The topological polar surface area (TPSA) is 63.2 Å². The number of nitrogens with one attached hydrogen (secondary N) is 2. The van der Waals surface area contributed by atoms with E-state index in [-0.39, 0.29) is 6.03 Å². The van der Waals surface area contributed by atoms with Gasteiger partial charge in [-0.3, -0.25) is 5.32 Å². The van der Waals surface area contributed by atoms with Crippen molar-refractivity contribution in [3.05, 3.63) is 65.5 Å². The average molecular weight is 339 g/mol. The van der Waals surface area contributed by atoms with Crippen LogP contribution in [0, 0.1) is 0 Å². The van der Waals surface area contributed by atoms with E-state index in [2.05, 4.69) is 15.6 Å². The summed E-state index contributed by atoms with van der Waals surface area (Å²) < 4.78 is 5.22. The van der Waals surface area contributed by atoms with Crippen molar-refractivity contribution in [3.63, 3.8) is 0 Å². The zero-order valence-electron chi connectivity index (χ0n) is 13.2. The number of urea groups is 1. The van der Waals surface area contributed by atoms with Crippen molar-refractivity contribution in [1.29, 1.82) is 0 Å². The van der Waals surface area contributed by atoms with E-state index < -0.39 is 0 Å². The fourth-order valence-electron chi connectivity index (χ4n) is 2.17. The minimum absolute atomic E-state index is 0.273. The highest BCUT2D eigenvalue weighted by atomic mass is 32.1. The Hall–Kier alpha value is -2.86. The van der Waals surface area contributed by atoms with Crippen LogP contribution in [0.3, 0.4) is 0 Å². The molecule has 0 radical (unpaired) electrons. The molecule has 1 heterocycles. The summed E-state index contributed by atoms with van der Waals surface area (Å²) in [6, 6.07) is 17.1. The molecule has 0 saturated carbocycles. The molecule has 0 bridgehead atoms. The summed E-state index contributed by atoms with van der Waals surface area (Å²) in [4.78, 5) is 16.4. The number of hydrogen-bond acceptors (Lipinski definition) is 4. The molecule has 1 aromatic heterocycles. The number of carbonyl (C=O) groups excluding carboxylic acids is 1. The number of benzene rings is 2. The first-order valence-electron chi connectivity index (χ1n) is 7.43. The van der Waals surface area contributed by atoms with Crippen molar-refractivity contribution >= 4 is 22.5 Å². The second-order valence-electron chi connectivity index (χ2n) is 5.06. The largest absolute Gasteiger partial charge is 0.497 e. The van der Waals surface area contributed by atoms with Gasteiger partial charge in [-0.1, -0.05) is 42.5 Å². The van der Waals surface area contributed by atoms with Crippen LogP contribution in [0.2, 0.25) is 0 Å². The van der Waals surface area contributed by atoms with E-state index in [1.54, 1.807) is 7.11 Å². The highest BCUT2D eigenvalue weighted by molar-refractivity contribution is 7.14. The highest BCUT2D eigenvalue weighted by Gasteiger charge is 2.08. The number of rotatable bonds is 5. The minimum atomic E-state index is -0.273. The number of methoxy groups -OCH3 is 1. The van der Waals surface area contributed by atoms with Gasteiger partial charge >= 0.3 is 6.03 Å². The van der Waals surface area contributed by atoms with Crippen LogP contribution in [0.5, 0.6) is 5.75 Å². The standard InChI is InChI=1S/C18H17N3O2S/c1-23-15-9-5-8-14(10-15)16-12-24-18(20-16)21-17(22)19-11-13-6-3-2-4-7-13/h2-10,12H,11H2,1H3,(H2,19,20,21,22). The molecule has 3 rings (SSSR count). The monoisotopic (exact) mass is 339 g/mol. The first-order valence-corrected chi connectivity index (χ1v) is 8.31. The van der Waals surface area contributed by atoms with Crippen molar-refractivity contribution in [3.8, 4) is 17.0 Å². The quantitative estimate of drug-likeness (QED) is 0.734. The van der Waals surface area contributed by atoms with Crippen molar-refractivity contribution in [1.82, 2.24) is 10.3 Å². The Kier molecular flexibility index (Phi) is 5.08. The first-order chi connectivity index (χ1) is 11.7. The third-order valence-corrected chi connectivity index (χ3v) is 4.14. The summed E-state index contributed by atoms with van der Waals surface area (Å²) in [6.07, 6.45) is 0. The van der Waals surface area contributed by atoms with Gasteiger partial charge in [-0.2, -0.15) is 0 Å². The Bertz CT molecular complexity index is 818. The van der Waals surface area contributed by atoms with Crippen molar-refractivity contribution in [2.75, 3.05) is 12.4 Å². The van der Waals surface area contributed by atoms with Gasteiger partial charge in [-0.05, 0) is 17.7 Å². The Morgan fingerprint density at radius 3 is 2.79 bits per heavy atom. The van der Waals surface area contributed by atoms with Gasteiger partial charge in [-0.15, -0.1) is 11.3 Å². The molecule has 3 aromatic rings. The third kappa shape index (κ3) is 4.11. The molecule has 0 saturated heterocycles. The second kappa shape index (κ2) is 7.61. The van der Waals surface area contributed by atoms with Crippen LogP contribution in [0.4, 0.5) is 9.93 Å². The molecule has 122 valence electrons. The van der Waals surface area contributed by atoms with E-state index in [1.165, 1.54) is 11.3 Å². The normalized spacial score (nSPS) is 10.2. The van der Waals surface area contributed by atoms with Crippen LogP contribution in [-0.2, 0) is 6.54 Å². The average Bonchev–Trinajstić information content (AvgIpc) is 3.09. The SMILES string of the molecule is COc1cccc(-c2csc(NC(=O)NCc3ccccc3)n2)c1. The van der Waals surface area contributed by atoms with Gasteiger partial charge in [0.25, 0.3) is 0 Å². The molecular weight excluding hydrogens is 322 g/mol. The van der Waals surface area contributed by atoms with E-state index in [9.17, 15) is 4.79 Å². The van der Waals surface area contributed by atoms with Crippen LogP contribution >= 0.6 is 11.3 Å². The fourth-order valence-corrected chi connectivity index (χ4v) is 2.88. The molecule has 2 amide bonds. The summed E-state index contributed by atoms with van der Waals surface area (Å²) in [5, 5.41) is 8.03. The van der Waals surface area contributed by atoms with E-state index in [4.69, 9.17) is 4.74 Å². The van der Waals surface area contributed by atoms with Crippen LogP contribution < -0.4 is 15.4 Å². The van der Waals surface area contributed by atoms with E-state index in [1.807, 2.05) is 60.0 Å². The number of amides is 2. The second-order valence-corrected chi connectivity index (χ2v) is 5.92. The maximum atomic E-state index is 12.0. The highest BCUT2D eigenvalue weighted by Crippen LogP contribution is 2.27. The Morgan fingerprint density at radius 2 is 2.00 bits per heavy atom. The first kappa shape index (κ1) is 16.0. The predicted molar refractivity (Wildman–Crippen MR) is 96.4 cm³/mol. The molecule has 0 unspecified atom stereocenters. The lowest BCUT2D eigenvalue weighted by Crippen LogP contribution is -2.28. The summed E-state index contributed by atoms with van der Waals surface area (Å²) in [5.41, 5.74) is 2.80. The lowest BCUT2D eigenvalue weighted by molar-refractivity contribution is 0.251. The molecule has 0 fully saturated rings. The fraction of sp³-hybridized carbons (Fsp3) is 0.111. The molecular formula is C18H17N3O2S. The molecule has 0 aliphatic heterocycles. The molecule has 5 nitrogen and oxygen atoms in total. The molecule has 0 atom stereocenters. The number of ether oxygens (including phenoxy) is 1. The van der Waals surface area contributed by atoms with Gasteiger partial charge in [0.15, 0.2) is 5.13 Å². The zero-order chi connectivity index (χ0) is 16.8. The molecule has 0 aliphatic carbocycles. The number of thiazole rings is 1. The number of nitrogens with zero attached hydrogens (tertiary/aromatic N) is 1. The minimum Gasteiger partial charge on any atom is -0.497 e. The molecule has 6 heteroatoms. The van der Waals surface area contributed by atoms with Gasteiger partial charge in [0.1, 0.15) is 5.75 Å². The number of carbonyl (C=O) groups is 1. The lowest BCUT2D eigenvalue weighted by atomic mass is 10.2. The van der Waals surface area contributed by atoms with Gasteiger partial charge in [0, 0.05) is 17.5 Å². The Labute approximate surface area is 144 Å². The number of hydrogen-bond donors (Lipinski definition) is 2. The van der Waals surface area contributed by atoms with Crippen molar-refractivity contribution in [2.45, 2.75) is 6.54 Å². The molecule has 2 aromatic carbocycles. The van der Waals surface area contributed by atoms with Crippen LogP contribution in [0.1, 0.15) is 5.56 Å². The van der Waals surface area contributed by atoms with Crippen LogP contribution in [-0.4, -0.2) is 18.1 Å². The number of aromatic nitrogens is 1. The smallest absolute Gasteiger partial charge is 0.321 e. The molecule has 2 N–H and O–H groups in total. The predicted octanol–water partition coefficient (Wildman–Crippen LogP) is 4.14. The molecule has 0 aliphatic rings. The number of anilines is 1. The maximum absolute atomic E-state index is 12.0. The molecule has 0 spiro atoms. The van der Waals surface area contributed by atoms with Gasteiger partial charge < -0.3 is 10.1 Å².